The zero-order valence-electron chi connectivity index (χ0n) is 16.9. The van der Waals surface area contributed by atoms with E-state index in [0.29, 0.717) is 5.56 Å². The molecule has 0 atom stereocenters. The number of benzene rings is 1. The van der Waals surface area contributed by atoms with Gasteiger partial charge in [-0.15, -0.1) is 11.3 Å². The molecule has 3 aromatic rings. The molecule has 0 saturated heterocycles. The Morgan fingerprint density at radius 2 is 1.86 bits per heavy atom. The van der Waals surface area contributed by atoms with E-state index in [9.17, 15) is 9.59 Å². The number of thiophene rings is 1. The highest BCUT2D eigenvalue weighted by Gasteiger charge is 2.17. The minimum Gasteiger partial charge on any atom is -0.497 e. The maximum atomic E-state index is 12.6. The number of nitrogens with zero attached hydrogens (tertiary/aromatic N) is 1. The van der Waals surface area contributed by atoms with Crippen molar-refractivity contribution in [3.8, 4) is 5.75 Å². The zero-order chi connectivity index (χ0) is 20.8. The summed E-state index contributed by atoms with van der Waals surface area (Å²) in [5, 5.41) is 1.91. The normalized spacial score (nSPS) is 10.7. The maximum absolute atomic E-state index is 12.6. The topological polar surface area (TPSA) is 57.5 Å². The van der Waals surface area contributed by atoms with E-state index in [-0.39, 0.29) is 24.8 Å². The van der Waals surface area contributed by atoms with Gasteiger partial charge in [-0.05, 0) is 55.5 Å². The van der Waals surface area contributed by atoms with Gasteiger partial charge in [0.25, 0.3) is 0 Å². The summed E-state index contributed by atoms with van der Waals surface area (Å²) in [7, 11) is 1.65. The molecule has 0 fully saturated rings. The number of hydrogen-bond donors (Lipinski definition) is 0. The second-order valence-corrected chi connectivity index (χ2v) is 7.91. The lowest BCUT2D eigenvalue weighted by Gasteiger charge is -2.10. The molecule has 2 aromatic heterocycles. The Morgan fingerprint density at radius 1 is 1.10 bits per heavy atom. The van der Waals surface area contributed by atoms with Gasteiger partial charge in [-0.1, -0.05) is 18.2 Å². The average Bonchev–Trinajstić information content (AvgIpc) is 3.33. The Labute approximate surface area is 174 Å². The van der Waals surface area contributed by atoms with Crippen molar-refractivity contribution in [2.24, 2.45) is 0 Å². The summed E-state index contributed by atoms with van der Waals surface area (Å²) in [5.74, 6) is 0.283. The molecule has 0 bridgehead atoms. The predicted octanol–water partition coefficient (Wildman–Crippen LogP) is 4.39. The second kappa shape index (κ2) is 9.56. The highest BCUT2D eigenvalue weighted by atomic mass is 32.1. The predicted molar refractivity (Wildman–Crippen MR) is 114 cm³/mol. The Morgan fingerprint density at radius 3 is 2.52 bits per heavy atom. The van der Waals surface area contributed by atoms with Crippen molar-refractivity contribution in [2.75, 3.05) is 13.7 Å². The molecule has 0 spiro atoms. The molecule has 6 heteroatoms. The number of aryl methyl sites for hydroxylation is 2. The first-order valence-corrected chi connectivity index (χ1v) is 10.4. The number of carbonyl (C=O) groups excluding carboxylic acids is 2. The van der Waals surface area contributed by atoms with Crippen LogP contribution in [0.4, 0.5) is 0 Å². The highest BCUT2D eigenvalue weighted by Crippen LogP contribution is 2.18. The molecule has 0 amide bonds. The van der Waals surface area contributed by atoms with Gasteiger partial charge in [0, 0.05) is 28.4 Å². The molecule has 0 aliphatic carbocycles. The van der Waals surface area contributed by atoms with Crippen LogP contribution in [0.3, 0.4) is 0 Å². The number of ketones is 1. The summed E-state index contributed by atoms with van der Waals surface area (Å²) in [6.45, 7) is 4.46. The van der Waals surface area contributed by atoms with Crippen LogP contribution >= 0.6 is 11.3 Å². The number of hydrogen-bond acceptors (Lipinski definition) is 5. The van der Waals surface area contributed by atoms with E-state index in [0.717, 1.165) is 35.0 Å². The molecule has 3 rings (SSSR count). The second-order valence-electron chi connectivity index (χ2n) is 6.87. The zero-order valence-corrected chi connectivity index (χ0v) is 17.8. The van der Waals surface area contributed by atoms with Crippen molar-refractivity contribution < 1.29 is 19.1 Å². The number of methoxy groups -OCH3 is 1. The van der Waals surface area contributed by atoms with Crippen molar-refractivity contribution in [1.29, 1.82) is 0 Å². The molecule has 0 saturated carbocycles. The number of rotatable bonds is 9. The molecule has 2 heterocycles. The van der Waals surface area contributed by atoms with Gasteiger partial charge in [-0.25, -0.2) is 0 Å². The molecule has 0 unspecified atom stereocenters. The SMILES string of the molecule is COc1ccc(CCn2c(C)cc(C(=O)COC(=O)Cc3cccs3)c2C)cc1. The number of ether oxygens (including phenoxy) is 2. The van der Waals surface area contributed by atoms with Gasteiger partial charge in [0.2, 0.25) is 5.78 Å². The highest BCUT2D eigenvalue weighted by molar-refractivity contribution is 7.10. The van der Waals surface area contributed by atoms with Gasteiger partial charge in [0.1, 0.15) is 5.75 Å². The minimum atomic E-state index is -0.380. The summed E-state index contributed by atoms with van der Waals surface area (Å²) >= 11 is 1.50. The van der Waals surface area contributed by atoms with Gasteiger partial charge in [0.05, 0.1) is 13.5 Å². The first kappa shape index (κ1) is 20.9. The van der Waals surface area contributed by atoms with E-state index in [1.54, 1.807) is 7.11 Å². The molecule has 29 heavy (non-hydrogen) atoms. The van der Waals surface area contributed by atoms with E-state index in [1.807, 2.05) is 61.7 Å². The van der Waals surface area contributed by atoms with E-state index in [4.69, 9.17) is 9.47 Å². The van der Waals surface area contributed by atoms with Crippen molar-refractivity contribution in [2.45, 2.75) is 33.2 Å². The van der Waals surface area contributed by atoms with Crippen LogP contribution in [0.15, 0.2) is 47.8 Å². The first-order chi connectivity index (χ1) is 14.0. The fourth-order valence-electron chi connectivity index (χ4n) is 3.29. The largest absolute Gasteiger partial charge is 0.497 e. The maximum Gasteiger partial charge on any atom is 0.311 e. The van der Waals surface area contributed by atoms with Gasteiger partial charge in [-0.2, -0.15) is 0 Å². The lowest BCUT2D eigenvalue weighted by molar-refractivity contribution is -0.141. The van der Waals surface area contributed by atoms with E-state index in [1.165, 1.54) is 16.9 Å². The van der Waals surface area contributed by atoms with E-state index >= 15 is 0 Å². The Balaban J connectivity index is 1.58. The summed E-state index contributed by atoms with van der Waals surface area (Å²) in [6.07, 6.45) is 1.05. The van der Waals surface area contributed by atoms with Gasteiger partial charge >= 0.3 is 5.97 Å². The monoisotopic (exact) mass is 411 g/mol. The third kappa shape index (κ3) is 5.35. The molecular formula is C23H25NO4S. The molecular weight excluding hydrogens is 386 g/mol. The summed E-state index contributed by atoms with van der Waals surface area (Å²) in [6, 6.07) is 13.6. The van der Waals surface area contributed by atoms with Crippen LogP contribution in [0.1, 0.15) is 32.2 Å². The fraction of sp³-hybridized carbons (Fsp3) is 0.304. The third-order valence-corrected chi connectivity index (χ3v) is 5.80. The lowest BCUT2D eigenvalue weighted by Crippen LogP contribution is -2.16. The molecule has 0 N–H and O–H groups in total. The number of Topliss-reactive ketones (excluding diaryl/α,β-unsaturated/α-hetero) is 1. The Hall–Kier alpha value is -2.86. The minimum absolute atomic E-state index is 0.173. The van der Waals surface area contributed by atoms with Crippen LogP contribution in [0.25, 0.3) is 0 Å². The summed E-state index contributed by atoms with van der Waals surface area (Å²) in [5.41, 5.74) is 3.73. The van der Waals surface area contributed by atoms with Gasteiger partial charge in [0.15, 0.2) is 6.61 Å². The van der Waals surface area contributed by atoms with Gasteiger partial charge in [-0.3, -0.25) is 9.59 Å². The van der Waals surface area contributed by atoms with Crippen LogP contribution in [0.2, 0.25) is 0 Å². The quantitative estimate of drug-likeness (QED) is 0.387. The molecule has 0 aliphatic rings. The van der Waals surface area contributed by atoms with Crippen LogP contribution < -0.4 is 4.74 Å². The number of aromatic nitrogens is 1. The summed E-state index contributed by atoms with van der Waals surface area (Å²) in [4.78, 5) is 25.4. The summed E-state index contributed by atoms with van der Waals surface area (Å²) < 4.78 is 12.5. The van der Waals surface area contributed by atoms with E-state index in [2.05, 4.69) is 4.57 Å². The Bertz CT molecular complexity index is 971. The van der Waals surface area contributed by atoms with E-state index < -0.39 is 0 Å². The third-order valence-electron chi connectivity index (χ3n) is 4.92. The van der Waals surface area contributed by atoms with Crippen LogP contribution in [0, 0.1) is 13.8 Å². The lowest BCUT2D eigenvalue weighted by atomic mass is 10.1. The molecule has 0 radical (unpaired) electrons. The Kier molecular flexibility index (Phi) is 6.88. The van der Waals surface area contributed by atoms with Crippen LogP contribution in [-0.2, 0) is 28.9 Å². The number of carbonyl (C=O) groups is 2. The fourth-order valence-corrected chi connectivity index (χ4v) is 3.98. The van der Waals surface area contributed by atoms with Crippen LogP contribution in [0.5, 0.6) is 5.75 Å². The molecule has 152 valence electrons. The van der Waals surface area contributed by atoms with Crippen LogP contribution in [-0.4, -0.2) is 30.0 Å². The van der Waals surface area contributed by atoms with Crippen molar-refractivity contribution >= 4 is 23.1 Å². The molecule has 0 aliphatic heterocycles. The van der Waals surface area contributed by atoms with Crippen molar-refractivity contribution in [1.82, 2.24) is 4.57 Å². The smallest absolute Gasteiger partial charge is 0.311 e. The molecule has 5 nitrogen and oxygen atoms in total. The average molecular weight is 412 g/mol. The van der Waals surface area contributed by atoms with Crippen molar-refractivity contribution in [3.05, 3.63) is 75.2 Å². The molecule has 1 aromatic carbocycles. The first-order valence-electron chi connectivity index (χ1n) is 9.48. The standard InChI is InChI=1S/C23H25NO4S/c1-16-13-21(22(25)15-28-23(26)14-20-5-4-12-29-20)17(2)24(16)11-10-18-6-8-19(27-3)9-7-18/h4-9,12-13H,10-11,14-15H2,1-3H3. The van der Waals surface area contributed by atoms with Gasteiger partial charge < -0.3 is 14.0 Å². The van der Waals surface area contributed by atoms with Crippen molar-refractivity contribution in [3.63, 3.8) is 0 Å². The number of esters is 1.